The zero-order valence-corrected chi connectivity index (χ0v) is 17.5. The van der Waals surface area contributed by atoms with Crippen molar-refractivity contribution < 1.29 is 14.9 Å². The normalized spacial score (nSPS) is 27.2. The van der Waals surface area contributed by atoms with Crippen molar-refractivity contribution in [2.75, 3.05) is 7.11 Å². The van der Waals surface area contributed by atoms with Gasteiger partial charge < -0.3 is 14.9 Å². The summed E-state index contributed by atoms with van der Waals surface area (Å²) in [5.41, 5.74) is 4.18. The van der Waals surface area contributed by atoms with E-state index in [1.54, 1.807) is 6.08 Å². The lowest BCUT2D eigenvalue weighted by atomic mass is 9.77. The van der Waals surface area contributed by atoms with E-state index in [0.29, 0.717) is 5.76 Å². The minimum atomic E-state index is -0.631. The van der Waals surface area contributed by atoms with Gasteiger partial charge in [-0.2, -0.15) is 0 Å². The van der Waals surface area contributed by atoms with Crippen LogP contribution in [-0.2, 0) is 4.74 Å². The van der Waals surface area contributed by atoms with Gasteiger partial charge in [0.25, 0.3) is 0 Å². The molecule has 26 heavy (non-hydrogen) atoms. The summed E-state index contributed by atoms with van der Waals surface area (Å²) >= 11 is 0. The molecule has 0 aromatic heterocycles. The fourth-order valence-corrected chi connectivity index (χ4v) is 3.41. The molecule has 1 aliphatic rings. The number of aliphatic hydroxyl groups excluding tert-OH is 2. The Morgan fingerprint density at radius 3 is 2.15 bits per heavy atom. The number of rotatable bonds is 9. The third-order valence-corrected chi connectivity index (χ3v) is 5.34. The van der Waals surface area contributed by atoms with Crippen LogP contribution in [0.3, 0.4) is 0 Å². The summed E-state index contributed by atoms with van der Waals surface area (Å²) in [6.07, 6.45) is 12.4. The Labute approximate surface area is 160 Å². The standard InChI is InChI=1S/C23H38O3/c1-16(2)9-7-10-17(3)11-8-12-18(4)13-14-20-19(5)23(25)22(26-6)15-21(20)24/h9,11,13,15,19-21,23-25H,7-8,10,12,14H2,1-6H3/b17-11+,18-13+. The van der Waals surface area contributed by atoms with Crippen LogP contribution in [0.15, 0.2) is 46.8 Å². The second-order valence-corrected chi connectivity index (χ2v) is 7.93. The molecule has 4 unspecified atom stereocenters. The third kappa shape index (κ3) is 7.51. The SMILES string of the molecule is COC1=CC(O)C(C/C=C(\C)CC/C=C(\C)CCC=C(C)C)C(C)C1O. The summed E-state index contributed by atoms with van der Waals surface area (Å²) < 4.78 is 5.16. The van der Waals surface area contributed by atoms with Crippen LogP contribution < -0.4 is 0 Å². The van der Waals surface area contributed by atoms with Gasteiger partial charge in [0.1, 0.15) is 11.9 Å². The van der Waals surface area contributed by atoms with E-state index < -0.39 is 12.2 Å². The lowest BCUT2D eigenvalue weighted by Gasteiger charge is -2.35. The molecule has 0 aromatic carbocycles. The van der Waals surface area contributed by atoms with Crippen molar-refractivity contribution in [1.82, 2.24) is 0 Å². The van der Waals surface area contributed by atoms with Gasteiger partial charge in [0.2, 0.25) is 0 Å². The topological polar surface area (TPSA) is 49.7 Å². The molecule has 0 bridgehead atoms. The van der Waals surface area contributed by atoms with Crippen LogP contribution in [0.5, 0.6) is 0 Å². The summed E-state index contributed by atoms with van der Waals surface area (Å²) in [6.45, 7) is 10.6. The monoisotopic (exact) mass is 362 g/mol. The maximum Gasteiger partial charge on any atom is 0.123 e. The quantitative estimate of drug-likeness (QED) is 0.546. The highest BCUT2D eigenvalue weighted by Crippen LogP contribution is 2.33. The molecule has 0 heterocycles. The molecule has 3 heteroatoms. The lowest BCUT2D eigenvalue weighted by Crippen LogP contribution is -2.39. The lowest BCUT2D eigenvalue weighted by molar-refractivity contribution is 0.00274. The first-order chi connectivity index (χ1) is 12.3. The molecule has 3 nitrogen and oxygen atoms in total. The first kappa shape index (κ1) is 22.7. The van der Waals surface area contributed by atoms with E-state index in [1.165, 1.54) is 23.8 Å². The highest BCUT2D eigenvalue weighted by Gasteiger charge is 2.35. The van der Waals surface area contributed by atoms with Crippen molar-refractivity contribution in [2.24, 2.45) is 11.8 Å². The van der Waals surface area contributed by atoms with Crippen LogP contribution in [0.4, 0.5) is 0 Å². The van der Waals surface area contributed by atoms with Crippen LogP contribution in [-0.4, -0.2) is 29.5 Å². The first-order valence-electron chi connectivity index (χ1n) is 9.82. The molecule has 0 fully saturated rings. The summed E-state index contributed by atoms with van der Waals surface area (Å²) in [5, 5.41) is 20.6. The maximum atomic E-state index is 10.3. The van der Waals surface area contributed by atoms with Gasteiger partial charge in [-0.05, 0) is 77.7 Å². The maximum absolute atomic E-state index is 10.3. The summed E-state index contributed by atoms with van der Waals surface area (Å²) in [7, 11) is 1.54. The summed E-state index contributed by atoms with van der Waals surface area (Å²) in [6, 6.07) is 0. The molecule has 0 saturated carbocycles. The van der Waals surface area contributed by atoms with Gasteiger partial charge in [0.05, 0.1) is 13.2 Å². The highest BCUT2D eigenvalue weighted by atomic mass is 16.5. The molecule has 0 spiro atoms. The third-order valence-electron chi connectivity index (χ3n) is 5.34. The molecule has 0 radical (unpaired) electrons. The molecule has 1 aliphatic carbocycles. The Balaban J connectivity index is 2.48. The minimum Gasteiger partial charge on any atom is -0.499 e. The van der Waals surface area contributed by atoms with E-state index >= 15 is 0 Å². The van der Waals surface area contributed by atoms with Gasteiger partial charge >= 0.3 is 0 Å². The average Bonchev–Trinajstić information content (AvgIpc) is 2.57. The average molecular weight is 363 g/mol. The van der Waals surface area contributed by atoms with Crippen molar-refractivity contribution in [3.8, 4) is 0 Å². The molecule has 2 N–H and O–H groups in total. The number of hydrogen-bond acceptors (Lipinski definition) is 3. The number of aliphatic hydroxyl groups is 2. The molecule has 0 aromatic rings. The zero-order chi connectivity index (χ0) is 19.7. The molecule has 0 amide bonds. The Morgan fingerprint density at radius 1 is 1.00 bits per heavy atom. The van der Waals surface area contributed by atoms with Gasteiger partial charge in [-0.15, -0.1) is 0 Å². The van der Waals surface area contributed by atoms with Crippen LogP contribution in [0, 0.1) is 11.8 Å². The zero-order valence-electron chi connectivity index (χ0n) is 17.5. The van der Waals surface area contributed by atoms with Crippen molar-refractivity contribution >= 4 is 0 Å². The van der Waals surface area contributed by atoms with Crippen LogP contribution in [0.1, 0.15) is 66.7 Å². The molecule has 148 valence electrons. The van der Waals surface area contributed by atoms with Crippen molar-refractivity contribution in [1.29, 1.82) is 0 Å². The second kappa shape index (κ2) is 11.4. The predicted octanol–water partition coefficient (Wildman–Crippen LogP) is 5.31. The fourth-order valence-electron chi connectivity index (χ4n) is 3.41. The van der Waals surface area contributed by atoms with E-state index in [4.69, 9.17) is 4.74 Å². The summed E-state index contributed by atoms with van der Waals surface area (Å²) in [5.74, 6) is 0.488. The van der Waals surface area contributed by atoms with E-state index in [0.717, 1.165) is 32.1 Å². The van der Waals surface area contributed by atoms with E-state index in [-0.39, 0.29) is 11.8 Å². The van der Waals surface area contributed by atoms with Crippen molar-refractivity contribution in [2.45, 2.75) is 78.9 Å². The van der Waals surface area contributed by atoms with Gasteiger partial charge in [-0.25, -0.2) is 0 Å². The van der Waals surface area contributed by atoms with Crippen LogP contribution >= 0.6 is 0 Å². The number of ether oxygens (including phenoxy) is 1. The fraction of sp³-hybridized carbons (Fsp3) is 0.652. The molecular formula is C23H38O3. The minimum absolute atomic E-state index is 0.0220. The molecule has 4 atom stereocenters. The Morgan fingerprint density at radius 2 is 1.58 bits per heavy atom. The van der Waals surface area contributed by atoms with E-state index in [1.807, 2.05) is 6.92 Å². The Kier molecular flexibility index (Phi) is 9.97. The molecule has 1 rings (SSSR count). The van der Waals surface area contributed by atoms with Gasteiger partial charge in [0.15, 0.2) is 0 Å². The summed E-state index contributed by atoms with van der Waals surface area (Å²) in [4.78, 5) is 0. The molecule has 0 aliphatic heterocycles. The predicted molar refractivity (Wildman–Crippen MR) is 110 cm³/mol. The number of allylic oxidation sites excluding steroid dienone is 6. The Bertz CT molecular complexity index is 550. The first-order valence-corrected chi connectivity index (χ1v) is 9.82. The van der Waals surface area contributed by atoms with E-state index in [9.17, 15) is 10.2 Å². The van der Waals surface area contributed by atoms with Crippen molar-refractivity contribution in [3.05, 3.63) is 46.8 Å². The molecule has 0 saturated heterocycles. The highest BCUT2D eigenvalue weighted by molar-refractivity contribution is 5.14. The number of hydrogen-bond donors (Lipinski definition) is 2. The van der Waals surface area contributed by atoms with Crippen molar-refractivity contribution in [3.63, 3.8) is 0 Å². The van der Waals surface area contributed by atoms with Gasteiger partial charge in [-0.3, -0.25) is 0 Å². The smallest absolute Gasteiger partial charge is 0.123 e. The molecular weight excluding hydrogens is 324 g/mol. The van der Waals surface area contributed by atoms with Gasteiger partial charge in [0, 0.05) is 0 Å². The largest absolute Gasteiger partial charge is 0.499 e. The second-order valence-electron chi connectivity index (χ2n) is 7.93. The number of methoxy groups -OCH3 is 1. The van der Waals surface area contributed by atoms with Crippen LogP contribution in [0.25, 0.3) is 0 Å². The Hall–Kier alpha value is -1.32. The van der Waals surface area contributed by atoms with Crippen LogP contribution in [0.2, 0.25) is 0 Å². The van der Waals surface area contributed by atoms with Gasteiger partial charge in [-0.1, -0.05) is 41.9 Å². The van der Waals surface area contributed by atoms with E-state index in [2.05, 4.69) is 45.9 Å².